The maximum Gasteiger partial charge on any atom is 0.123 e. The van der Waals surface area contributed by atoms with E-state index < -0.39 is 0 Å². The second kappa shape index (κ2) is 7.39. The van der Waals surface area contributed by atoms with Crippen molar-refractivity contribution in [3.05, 3.63) is 40.9 Å². The molecular formula is C17H20ClNOS. The summed E-state index contributed by atoms with van der Waals surface area (Å²) in [5.41, 5.74) is 3.32. The fraction of sp³-hybridized carbons (Fsp3) is 0.471. The second-order valence-corrected chi connectivity index (χ2v) is 6.74. The number of hydrogen-bond acceptors (Lipinski definition) is 3. The molecule has 0 amide bonds. The number of ether oxygens (including phenoxy) is 1. The van der Waals surface area contributed by atoms with E-state index in [-0.39, 0.29) is 0 Å². The van der Waals surface area contributed by atoms with Crippen LogP contribution in [0, 0.1) is 5.92 Å². The summed E-state index contributed by atoms with van der Waals surface area (Å²) >= 11 is 7.43. The van der Waals surface area contributed by atoms with E-state index in [0.717, 1.165) is 28.8 Å². The number of hydrogen-bond donors (Lipinski definition) is 0. The van der Waals surface area contributed by atoms with E-state index in [2.05, 4.69) is 29.2 Å². The van der Waals surface area contributed by atoms with Crippen molar-refractivity contribution in [2.24, 2.45) is 5.92 Å². The van der Waals surface area contributed by atoms with Gasteiger partial charge in [-0.1, -0.05) is 43.5 Å². The molecule has 21 heavy (non-hydrogen) atoms. The summed E-state index contributed by atoms with van der Waals surface area (Å²) in [6, 6.07) is 8.48. The Morgan fingerprint density at radius 2 is 2.05 bits per heavy atom. The quantitative estimate of drug-likeness (QED) is 0.513. The predicted molar refractivity (Wildman–Crippen MR) is 88.7 cm³/mol. The van der Waals surface area contributed by atoms with Gasteiger partial charge in [-0.25, -0.2) is 4.98 Å². The van der Waals surface area contributed by atoms with Crippen LogP contribution in [-0.2, 0) is 17.2 Å². The summed E-state index contributed by atoms with van der Waals surface area (Å²) in [7, 11) is 0. The second-order valence-electron chi connectivity index (χ2n) is 5.61. The van der Waals surface area contributed by atoms with Gasteiger partial charge in [0.1, 0.15) is 5.01 Å². The van der Waals surface area contributed by atoms with Crippen molar-refractivity contribution in [2.75, 3.05) is 6.61 Å². The summed E-state index contributed by atoms with van der Waals surface area (Å²) < 4.78 is 5.76. The van der Waals surface area contributed by atoms with Crippen LogP contribution in [0.4, 0.5) is 0 Å². The normalized spacial score (nSPS) is 15.1. The fourth-order valence-electron chi connectivity index (χ4n) is 2.47. The number of halogens is 1. The van der Waals surface area contributed by atoms with Crippen LogP contribution in [0.5, 0.6) is 0 Å². The SMILES string of the molecule is ClCc1csc(-c2ccc(COCCC3CCC3)cc2)n1. The number of aromatic nitrogens is 1. The largest absolute Gasteiger partial charge is 0.377 e. The zero-order chi connectivity index (χ0) is 14.5. The average molecular weight is 322 g/mol. The van der Waals surface area contributed by atoms with Crippen molar-refractivity contribution in [1.29, 1.82) is 0 Å². The highest BCUT2D eigenvalue weighted by molar-refractivity contribution is 7.13. The molecule has 112 valence electrons. The zero-order valence-corrected chi connectivity index (χ0v) is 13.6. The smallest absolute Gasteiger partial charge is 0.123 e. The first-order valence-corrected chi connectivity index (χ1v) is 8.94. The van der Waals surface area contributed by atoms with Crippen LogP contribution in [-0.4, -0.2) is 11.6 Å². The first-order valence-electron chi connectivity index (χ1n) is 7.52. The number of rotatable bonds is 7. The van der Waals surface area contributed by atoms with Gasteiger partial charge in [-0.05, 0) is 17.9 Å². The Kier molecular flexibility index (Phi) is 5.28. The number of alkyl halides is 1. The standard InChI is InChI=1S/C17H20ClNOS/c18-10-16-12-21-17(19-16)15-6-4-14(5-7-15)11-20-9-8-13-2-1-3-13/h4-7,12-13H,1-3,8-11H2. The Morgan fingerprint density at radius 1 is 1.24 bits per heavy atom. The molecule has 0 bridgehead atoms. The van der Waals surface area contributed by atoms with Crippen molar-refractivity contribution >= 4 is 22.9 Å². The Labute approximate surface area is 135 Å². The molecule has 2 aromatic rings. The minimum Gasteiger partial charge on any atom is -0.377 e. The van der Waals surface area contributed by atoms with Crippen LogP contribution < -0.4 is 0 Å². The Hall–Kier alpha value is -0.900. The molecule has 2 nitrogen and oxygen atoms in total. The Morgan fingerprint density at radius 3 is 2.67 bits per heavy atom. The van der Waals surface area contributed by atoms with E-state index in [0.29, 0.717) is 12.5 Å². The first kappa shape index (κ1) is 15.0. The summed E-state index contributed by atoms with van der Waals surface area (Å²) in [5.74, 6) is 1.40. The fourth-order valence-corrected chi connectivity index (χ4v) is 3.52. The average Bonchev–Trinajstić information content (AvgIpc) is 2.95. The molecule has 3 rings (SSSR count). The molecule has 1 heterocycles. The lowest BCUT2D eigenvalue weighted by Gasteiger charge is -2.24. The lowest BCUT2D eigenvalue weighted by atomic mass is 9.83. The minimum absolute atomic E-state index is 0.476. The highest BCUT2D eigenvalue weighted by atomic mass is 35.5. The topological polar surface area (TPSA) is 22.1 Å². The number of nitrogens with zero attached hydrogens (tertiary/aromatic N) is 1. The van der Waals surface area contributed by atoms with Crippen molar-refractivity contribution in [1.82, 2.24) is 4.98 Å². The molecule has 1 fully saturated rings. The summed E-state index contributed by atoms with van der Waals surface area (Å²) in [6.07, 6.45) is 5.43. The van der Waals surface area contributed by atoms with E-state index in [4.69, 9.17) is 16.3 Å². The number of thiazole rings is 1. The van der Waals surface area contributed by atoms with Crippen LogP contribution in [0.25, 0.3) is 10.6 Å². The Balaban J connectivity index is 1.48. The van der Waals surface area contributed by atoms with Crippen LogP contribution in [0.15, 0.2) is 29.6 Å². The summed E-state index contributed by atoms with van der Waals surface area (Å²) in [6.45, 7) is 1.59. The van der Waals surface area contributed by atoms with Crippen LogP contribution in [0.1, 0.15) is 36.9 Å². The molecule has 0 saturated heterocycles. The van der Waals surface area contributed by atoms with Gasteiger partial charge in [0.2, 0.25) is 0 Å². The lowest BCUT2D eigenvalue weighted by molar-refractivity contribution is 0.0950. The van der Waals surface area contributed by atoms with Gasteiger partial charge >= 0.3 is 0 Å². The van der Waals surface area contributed by atoms with Crippen LogP contribution in [0.2, 0.25) is 0 Å². The molecule has 0 unspecified atom stereocenters. The van der Waals surface area contributed by atoms with Gasteiger partial charge in [0.15, 0.2) is 0 Å². The van der Waals surface area contributed by atoms with E-state index in [9.17, 15) is 0 Å². The summed E-state index contributed by atoms with van der Waals surface area (Å²) in [5, 5.41) is 3.04. The Bertz CT molecular complexity index is 562. The maximum atomic E-state index is 5.79. The van der Waals surface area contributed by atoms with Gasteiger partial charge in [-0.15, -0.1) is 22.9 Å². The van der Waals surface area contributed by atoms with Gasteiger partial charge in [-0.2, -0.15) is 0 Å². The molecule has 1 aromatic carbocycles. The lowest BCUT2D eigenvalue weighted by Crippen LogP contribution is -2.13. The van der Waals surface area contributed by atoms with Crippen molar-refractivity contribution in [3.63, 3.8) is 0 Å². The molecule has 1 aromatic heterocycles. The monoisotopic (exact) mass is 321 g/mol. The third-order valence-corrected chi connectivity index (χ3v) is 5.27. The number of benzene rings is 1. The maximum absolute atomic E-state index is 5.79. The molecule has 0 N–H and O–H groups in total. The molecule has 1 saturated carbocycles. The van der Waals surface area contributed by atoms with Crippen LogP contribution >= 0.6 is 22.9 Å². The van der Waals surface area contributed by atoms with E-state index in [1.165, 1.54) is 31.2 Å². The van der Waals surface area contributed by atoms with E-state index >= 15 is 0 Å². The summed E-state index contributed by atoms with van der Waals surface area (Å²) in [4.78, 5) is 4.49. The van der Waals surface area contributed by atoms with E-state index in [1.54, 1.807) is 11.3 Å². The molecule has 0 radical (unpaired) electrons. The third-order valence-electron chi connectivity index (χ3n) is 4.05. The van der Waals surface area contributed by atoms with Gasteiger partial charge in [0, 0.05) is 17.6 Å². The molecule has 4 heteroatoms. The minimum atomic E-state index is 0.476. The van der Waals surface area contributed by atoms with Crippen molar-refractivity contribution < 1.29 is 4.74 Å². The van der Waals surface area contributed by atoms with Crippen molar-refractivity contribution in [2.45, 2.75) is 38.2 Å². The molecule has 1 aliphatic carbocycles. The first-order chi connectivity index (χ1) is 10.3. The van der Waals surface area contributed by atoms with Gasteiger partial charge in [-0.3, -0.25) is 0 Å². The molecule has 0 atom stereocenters. The third kappa shape index (κ3) is 4.06. The van der Waals surface area contributed by atoms with E-state index in [1.807, 2.05) is 5.38 Å². The molecular weight excluding hydrogens is 302 g/mol. The van der Waals surface area contributed by atoms with Gasteiger partial charge in [0.05, 0.1) is 18.2 Å². The molecule has 0 spiro atoms. The zero-order valence-electron chi connectivity index (χ0n) is 12.1. The molecule has 0 aliphatic heterocycles. The predicted octanol–water partition coefficient (Wildman–Crippen LogP) is 5.26. The van der Waals surface area contributed by atoms with Crippen LogP contribution in [0.3, 0.4) is 0 Å². The highest BCUT2D eigenvalue weighted by Gasteiger charge is 2.16. The van der Waals surface area contributed by atoms with Crippen molar-refractivity contribution in [3.8, 4) is 10.6 Å². The molecule has 1 aliphatic rings. The van der Waals surface area contributed by atoms with Gasteiger partial charge < -0.3 is 4.74 Å². The highest BCUT2D eigenvalue weighted by Crippen LogP contribution is 2.29. The van der Waals surface area contributed by atoms with Gasteiger partial charge in [0.25, 0.3) is 0 Å².